The molecule has 0 saturated carbocycles. The van der Waals surface area contributed by atoms with Crippen LogP contribution in [0.1, 0.15) is 9.67 Å². The van der Waals surface area contributed by atoms with E-state index in [9.17, 15) is 13.2 Å². The van der Waals surface area contributed by atoms with Gasteiger partial charge in [0.25, 0.3) is 5.91 Å². The van der Waals surface area contributed by atoms with Gasteiger partial charge in [-0.15, -0.1) is 11.3 Å². The Morgan fingerprint density at radius 3 is 2.50 bits per heavy atom. The number of aromatic nitrogens is 1. The quantitative estimate of drug-likeness (QED) is 0.846. The SMILES string of the molecule is O=C(c1cccs1)N1CCN(S(=O)(=O)c2cccnc2)CC1. The van der Waals surface area contributed by atoms with Crippen LogP contribution in [-0.2, 0) is 10.0 Å². The highest BCUT2D eigenvalue weighted by atomic mass is 32.2. The fraction of sp³-hybridized carbons (Fsp3) is 0.286. The Morgan fingerprint density at radius 2 is 1.91 bits per heavy atom. The zero-order valence-electron chi connectivity index (χ0n) is 11.8. The number of piperazine rings is 1. The summed E-state index contributed by atoms with van der Waals surface area (Å²) < 4.78 is 26.4. The number of hydrogen-bond acceptors (Lipinski definition) is 5. The van der Waals surface area contributed by atoms with Gasteiger partial charge in [-0.3, -0.25) is 9.78 Å². The number of amides is 1. The van der Waals surface area contributed by atoms with Crippen molar-refractivity contribution < 1.29 is 13.2 Å². The number of carbonyl (C=O) groups is 1. The van der Waals surface area contributed by atoms with Crippen LogP contribution in [0.5, 0.6) is 0 Å². The number of sulfonamides is 1. The smallest absolute Gasteiger partial charge is 0.264 e. The van der Waals surface area contributed by atoms with Crippen molar-refractivity contribution in [2.24, 2.45) is 0 Å². The molecule has 1 aliphatic heterocycles. The Morgan fingerprint density at radius 1 is 1.14 bits per heavy atom. The van der Waals surface area contributed by atoms with E-state index in [1.54, 1.807) is 17.0 Å². The molecule has 1 aliphatic rings. The number of hydrogen-bond donors (Lipinski definition) is 0. The van der Waals surface area contributed by atoms with Crippen LogP contribution in [0.4, 0.5) is 0 Å². The highest BCUT2D eigenvalue weighted by Crippen LogP contribution is 2.18. The monoisotopic (exact) mass is 337 g/mol. The van der Waals surface area contributed by atoms with Crippen LogP contribution in [0.3, 0.4) is 0 Å². The topological polar surface area (TPSA) is 70.6 Å². The van der Waals surface area contributed by atoms with Gasteiger partial charge in [-0.25, -0.2) is 8.42 Å². The number of carbonyl (C=O) groups excluding carboxylic acids is 1. The third-order valence-corrected chi connectivity index (χ3v) is 6.27. The van der Waals surface area contributed by atoms with E-state index in [-0.39, 0.29) is 10.8 Å². The molecule has 0 N–H and O–H groups in total. The zero-order chi connectivity index (χ0) is 15.6. The molecule has 1 fully saturated rings. The first-order chi connectivity index (χ1) is 10.6. The van der Waals surface area contributed by atoms with Crippen LogP contribution in [0, 0.1) is 0 Å². The molecule has 116 valence electrons. The molecule has 6 nitrogen and oxygen atoms in total. The minimum atomic E-state index is -3.53. The van der Waals surface area contributed by atoms with E-state index in [1.807, 2.05) is 11.4 Å². The molecule has 3 heterocycles. The fourth-order valence-corrected chi connectivity index (χ4v) is 4.41. The summed E-state index contributed by atoms with van der Waals surface area (Å²) in [5.41, 5.74) is 0. The zero-order valence-corrected chi connectivity index (χ0v) is 13.4. The summed E-state index contributed by atoms with van der Waals surface area (Å²) in [4.78, 5) is 18.7. The van der Waals surface area contributed by atoms with Crippen molar-refractivity contribution in [3.8, 4) is 0 Å². The standard InChI is InChI=1S/C14H15N3O3S2/c18-14(13-4-2-10-21-13)16-6-8-17(9-7-16)22(19,20)12-3-1-5-15-11-12/h1-5,10-11H,6-9H2. The minimum absolute atomic E-state index is 0.0339. The molecule has 3 rings (SSSR count). The first-order valence-electron chi connectivity index (χ1n) is 6.82. The lowest BCUT2D eigenvalue weighted by molar-refractivity contribution is 0.0703. The van der Waals surface area contributed by atoms with Gasteiger partial charge in [-0.2, -0.15) is 4.31 Å². The maximum absolute atomic E-state index is 12.5. The molecule has 0 bridgehead atoms. The molecule has 1 saturated heterocycles. The molecule has 2 aromatic rings. The lowest BCUT2D eigenvalue weighted by Crippen LogP contribution is -2.50. The predicted octanol–water partition coefficient (Wildman–Crippen LogP) is 1.29. The van der Waals surface area contributed by atoms with E-state index >= 15 is 0 Å². The van der Waals surface area contributed by atoms with Crippen molar-refractivity contribution in [2.45, 2.75) is 4.90 Å². The molecule has 0 atom stereocenters. The predicted molar refractivity (Wildman–Crippen MR) is 83.2 cm³/mol. The molecule has 8 heteroatoms. The fourth-order valence-electron chi connectivity index (χ4n) is 2.34. The normalized spacial score (nSPS) is 16.6. The van der Waals surface area contributed by atoms with Crippen molar-refractivity contribution in [1.29, 1.82) is 0 Å². The summed E-state index contributed by atoms with van der Waals surface area (Å²) in [6.07, 6.45) is 2.88. The third-order valence-electron chi connectivity index (χ3n) is 3.53. The maximum Gasteiger partial charge on any atom is 0.264 e. The Balaban J connectivity index is 1.68. The summed E-state index contributed by atoms with van der Waals surface area (Å²) in [7, 11) is -3.53. The van der Waals surface area contributed by atoms with Gasteiger partial charge in [0.15, 0.2) is 0 Å². The molecule has 2 aromatic heterocycles. The van der Waals surface area contributed by atoms with Crippen LogP contribution < -0.4 is 0 Å². The van der Waals surface area contributed by atoms with E-state index < -0.39 is 10.0 Å². The number of thiophene rings is 1. The Hall–Kier alpha value is -1.77. The average Bonchev–Trinajstić information content (AvgIpc) is 3.09. The molecule has 1 amide bonds. The Labute approximate surface area is 133 Å². The summed E-state index contributed by atoms with van der Waals surface area (Å²) in [6.45, 7) is 1.40. The van der Waals surface area contributed by atoms with Crippen molar-refractivity contribution in [3.63, 3.8) is 0 Å². The van der Waals surface area contributed by atoms with Crippen molar-refractivity contribution in [3.05, 3.63) is 46.9 Å². The van der Waals surface area contributed by atoms with Gasteiger partial charge in [0.2, 0.25) is 10.0 Å². The molecule has 0 aromatic carbocycles. The molecule has 0 unspecified atom stereocenters. The summed E-state index contributed by atoms with van der Waals surface area (Å²) in [5.74, 6) is -0.0339. The Kier molecular flexibility index (Phi) is 4.23. The van der Waals surface area contributed by atoms with Gasteiger partial charge < -0.3 is 4.90 Å². The van der Waals surface area contributed by atoms with Crippen LogP contribution in [0.15, 0.2) is 46.9 Å². The second-order valence-electron chi connectivity index (χ2n) is 4.86. The van der Waals surface area contributed by atoms with Gasteiger partial charge in [0, 0.05) is 38.6 Å². The van der Waals surface area contributed by atoms with Crippen molar-refractivity contribution in [2.75, 3.05) is 26.2 Å². The number of pyridine rings is 1. The van der Waals surface area contributed by atoms with Gasteiger partial charge in [-0.05, 0) is 23.6 Å². The highest BCUT2D eigenvalue weighted by molar-refractivity contribution is 7.89. The molecular weight excluding hydrogens is 322 g/mol. The van der Waals surface area contributed by atoms with Crippen molar-refractivity contribution in [1.82, 2.24) is 14.2 Å². The second-order valence-corrected chi connectivity index (χ2v) is 7.75. The molecular formula is C14H15N3O3S2. The van der Waals surface area contributed by atoms with Crippen LogP contribution in [0.25, 0.3) is 0 Å². The first kappa shape index (κ1) is 15.1. The minimum Gasteiger partial charge on any atom is -0.335 e. The van der Waals surface area contributed by atoms with Gasteiger partial charge in [0.1, 0.15) is 4.90 Å². The summed E-state index contributed by atoms with van der Waals surface area (Å²) in [5, 5.41) is 1.86. The maximum atomic E-state index is 12.5. The summed E-state index contributed by atoms with van der Waals surface area (Å²) >= 11 is 1.40. The van der Waals surface area contributed by atoms with Crippen LogP contribution in [-0.4, -0.2) is 54.7 Å². The largest absolute Gasteiger partial charge is 0.335 e. The van der Waals surface area contributed by atoms with E-state index in [4.69, 9.17) is 0 Å². The van der Waals surface area contributed by atoms with Gasteiger partial charge in [0.05, 0.1) is 4.88 Å². The number of nitrogens with zero attached hydrogens (tertiary/aromatic N) is 3. The number of rotatable bonds is 3. The highest BCUT2D eigenvalue weighted by Gasteiger charge is 2.30. The van der Waals surface area contributed by atoms with E-state index in [2.05, 4.69) is 4.98 Å². The lowest BCUT2D eigenvalue weighted by Gasteiger charge is -2.33. The average molecular weight is 337 g/mol. The molecule has 22 heavy (non-hydrogen) atoms. The van der Waals surface area contributed by atoms with Gasteiger partial charge in [-0.1, -0.05) is 6.07 Å². The third kappa shape index (κ3) is 2.90. The lowest BCUT2D eigenvalue weighted by atomic mass is 10.3. The van der Waals surface area contributed by atoms with Crippen molar-refractivity contribution >= 4 is 27.3 Å². The van der Waals surface area contributed by atoms with E-state index in [0.717, 1.165) is 0 Å². The van der Waals surface area contributed by atoms with E-state index in [1.165, 1.54) is 34.1 Å². The molecule has 0 aliphatic carbocycles. The van der Waals surface area contributed by atoms with Crippen LogP contribution in [0.2, 0.25) is 0 Å². The Bertz CT molecular complexity index is 737. The molecule has 0 spiro atoms. The van der Waals surface area contributed by atoms with E-state index in [0.29, 0.717) is 31.1 Å². The second kappa shape index (κ2) is 6.15. The van der Waals surface area contributed by atoms with Gasteiger partial charge >= 0.3 is 0 Å². The van der Waals surface area contributed by atoms with Crippen LogP contribution >= 0.6 is 11.3 Å². The molecule has 0 radical (unpaired) electrons. The summed E-state index contributed by atoms with van der Waals surface area (Å²) in [6, 6.07) is 6.75. The first-order valence-corrected chi connectivity index (χ1v) is 9.14.